The lowest BCUT2D eigenvalue weighted by Crippen LogP contribution is -2.21. The van der Waals surface area contributed by atoms with Crippen LogP contribution in [0.5, 0.6) is 0 Å². The number of halogens is 1. The minimum atomic E-state index is -0.634. The minimum Gasteiger partial charge on any atom is -0.452 e. The van der Waals surface area contributed by atoms with Gasteiger partial charge in [-0.25, -0.2) is 4.79 Å². The number of esters is 1. The Kier molecular flexibility index (Phi) is 5.33. The number of fused-ring (bicyclic) bond motifs is 1. The number of hydrogen-bond donors (Lipinski definition) is 1. The summed E-state index contributed by atoms with van der Waals surface area (Å²) in [6.45, 7) is -0.515. The predicted octanol–water partition coefficient (Wildman–Crippen LogP) is 4.20. The van der Waals surface area contributed by atoms with Crippen LogP contribution in [0, 0.1) is 10.1 Å². The molecule has 3 rings (SSSR count). The van der Waals surface area contributed by atoms with Crippen molar-refractivity contribution in [2.75, 3.05) is 11.9 Å². The lowest BCUT2D eigenvalue weighted by Gasteiger charge is -2.08. The smallest absolute Gasteiger partial charge is 0.338 e. The summed E-state index contributed by atoms with van der Waals surface area (Å²) in [5.74, 6) is -1.24. The molecular formula is C19H13ClN2O5. The van der Waals surface area contributed by atoms with Gasteiger partial charge < -0.3 is 10.1 Å². The number of carbonyl (C=O) groups excluding carboxylic acids is 2. The monoisotopic (exact) mass is 384 g/mol. The van der Waals surface area contributed by atoms with Crippen LogP contribution in [0.15, 0.2) is 60.7 Å². The number of benzene rings is 3. The molecule has 27 heavy (non-hydrogen) atoms. The second-order valence-corrected chi connectivity index (χ2v) is 6.01. The van der Waals surface area contributed by atoms with Gasteiger partial charge in [-0.05, 0) is 29.0 Å². The number of anilines is 1. The van der Waals surface area contributed by atoms with Gasteiger partial charge in [0.15, 0.2) is 6.61 Å². The van der Waals surface area contributed by atoms with Gasteiger partial charge in [0.05, 0.1) is 21.2 Å². The molecule has 0 spiro atoms. The van der Waals surface area contributed by atoms with Crippen molar-refractivity contribution in [3.05, 3.63) is 81.4 Å². The van der Waals surface area contributed by atoms with Crippen molar-refractivity contribution in [3.63, 3.8) is 0 Å². The number of hydrogen-bond acceptors (Lipinski definition) is 5. The molecule has 1 amide bonds. The van der Waals surface area contributed by atoms with Gasteiger partial charge in [-0.15, -0.1) is 0 Å². The highest BCUT2D eigenvalue weighted by Crippen LogP contribution is 2.26. The van der Waals surface area contributed by atoms with Crippen LogP contribution in [0.25, 0.3) is 10.8 Å². The Morgan fingerprint density at radius 2 is 1.78 bits per heavy atom. The zero-order chi connectivity index (χ0) is 19.4. The predicted molar refractivity (Wildman–Crippen MR) is 101 cm³/mol. The molecule has 0 aliphatic heterocycles. The molecule has 0 saturated carbocycles. The van der Waals surface area contributed by atoms with E-state index in [0.29, 0.717) is 5.56 Å². The molecular weight excluding hydrogens is 372 g/mol. The highest BCUT2D eigenvalue weighted by molar-refractivity contribution is 6.34. The van der Waals surface area contributed by atoms with E-state index in [4.69, 9.17) is 16.3 Å². The Balaban J connectivity index is 1.61. The highest BCUT2D eigenvalue weighted by Gasteiger charge is 2.14. The van der Waals surface area contributed by atoms with Gasteiger partial charge in [-0.2, -0.15) is 0 Å². The molecule has 8 heteroatoms. The van der Waals surface area contributed by atoms with Gasteiger partial charge in [0.25, 0.3) is 11.6 Å². The Hall–Kier alpha value is -3.45. The molecule has 0 heterocycles. The molecule has 3 aromatic carbocycles. The van der Waals surface area contributed by atoms with Gasteiger partial charge in [-0.1, -0.05) is 41.9 Å². The summed E-state index contributed by atoms with van der Waals surface area (Å²) in [7, 11) is 0. The Bertz CT molecular complexity index is 1050. The van der Waals surface area contributed by atoms with Gasteiger partial charge in [0, 0.05) is 12.1 Å². The molecule has 1 N–H and O–H groups in total. The summed E-state index contributed by atoms with van der Waals surface area (Å²) < 4.78 is 5.01. The second-order valence-electron chi connectivity index (χ2n) is 5.61. The molecule has 0 fully saturated rings. The van der Waals surface area contributed by atoms with Crippen LogP contribution in [0.2, 0.25) is 5.02 Å². The number of non-ortho nitro benzene ring substituents is 1. The fraction of sp³-hybridized carbons (Fsp3) is 0.0526. The minimum absolute atomic E-state index is 0.0124. The number of rotatable bonds is 5. The molecule has 0 aliphatic carbocycles. The molecule has 136 valence electrons. The van der Waals surface area contributed by atoms with Crippen molar-refractivity contribution in [1.29, 1.82) is 0 Å². The lowest BCUT2D eigenvalue weighted by molar-refractivity contribution is -0.384. The Morgan fingerprint density at radius 3 is 2.48 bits per heavy atom. The lowest BCUT2D eigenvalue weighted by atomic mass is 10.1. The summed E-state index contributed by atoms with van der Waals surface area (Å²) in [5, 5.41) is 15.0. The summed E-state index contributed by atoms with van der Waals surface area (Å²) in [6.07, 6.45) is 0. The highest BCUT2D eigenvalue weighted by atomic mass is 35.5. The van der Waals surface area contributed by atoms with Crippen molar-refractivity contribution in [2.45, 2.75) is 0 Å². The van der Waals surface area contributed by atoms with E-state index < -0.39 is 23.4 Å². The maximum absolute atomic E-state index is 12.1. The summed E-state index contributed by atoms with van der Waals surface area (Å²) in [6, 6.07) is 16.3. The third-order valence-electron chi connectivity index (χ3n) is 3.76. The standard InChI is InChI=1S/C19H13ClN2O5/c20-16-10-15(22(25)26)7-8-17(16)21-18(23)11-27-19(24)14-6-5-12-3-1-2-4-13(12)9-14/h1-10H,11H2,(H,21,23). The first-order valence-corrected chi connectivity index (χ1v) is 8.21. The summed E-state index contributed by atoms with van der Waals surface area (Å²) in [4.78, 5) is 34.2. The Morgan fingerprint density at radius 1 is 1.04 bits per heavy atom. The van der Waals surface area contributed by atoms with Gasteiger partial charge in [0.1, 0.15) is 0 Å². The van der Waals surface area contributed by atoms with E-state index in [9.17, 15) is 19.7 Å². The van der Waals surface area contributed by atoms with Crippen LogP contribution < -0.4 is 5.32 Å². The number of ether oxygens (including phenoxy) is 1. The first kappa shape index (κ1) is 18.3. The van der Waals surface area contributed by atoms with E-state index >= 15 is 0 Å². The van der Waals surface area contributed by atoms with E-state index in [1.54, 1.807) is 18.2 Å². The quantitative estimate of drug-likeness (QED) is 0.404. The topological polar surface area (TPSA) is 98.5 Å². The van der Waals surface area contributed by atoms with Gasteiger partial charge >= 0.3 is 5.97 Å². The number of nitro benzene ring substituents is 1. The van der Waals surface area contributed by atoms with Crippen LogP contribution in [0.3, 0.4) is 0 Å². The zero-order valence-corrected chi connectivity index (χ0v) is 14.6. The Labute approximate surface area is 158 Å². The molecule has 0 aliphatic rings. The molecule has 0 atom stereocenters. The normalized spacial score (nSPS) is 10.4. The van der Waals surface area contributed by atoms with Crippen LogP contribution >= 0.6 is 11.6 Å². The fourth-order valence-electron chi connectivity index (χ4n) is 2.44. The van der Waals surface area contributed by atoms with Crippen LogP contribution in [0.4, 0.5) is 11.4 Å². The van der Waals surface area contributed by atoms with Gasteiger partial charge in [0.2, 0.25) is 0 Å². The van der Waals surface area contributed by atoms with Crippen molar-refractivity contribution in [2.24, 2.45) is 0 Å². The third-order valence-corrected chi connectivity index (χ3v) is 4.07. The van der Waals surface area contributed by atoms with Crippen molar-refractivity contribution in [1.82, 2.24) is 0 Å². The van der Waals surface area contributed by atoms with Crippen molar-refractivity contribution in [3.8, 4) is 0 Å². The molecule has 0 unspecified atom stereocenters. The molecule has 0 aromatic heterocycles. The molecule has 0 radical (unpaired) electrons. The second kappa shape index (κ2) is 7.84. The van der Waals surface area contributed by atoms with Crippen LogP contribution in [-0.4, -0.2) is 23.4 Å². The number of amides is 1. The fourth-order valence-corrected chi connectivity index (χ4v) is 2.66. The largest absolute Gasteiger partial charge is 0.452 e. The van der Waals surface area contributed by atoms with E-state index in [-0.39, 0.29) is 16.4 Å². The number of nitrogens with zero attached hydrogens (tertiary/aromatic N) is 1. The van der Waals surface area contributed by atoms with Gasteiger partial charge in [-0.3, -0.25) is 14.9 Å². The van der Waals surface area contributed by atoms with Crippen molar-refractivity contribution < 1.29 is 19.2 Å². The van der Waals surface area contributed by atoms with Crippen molar-refractivity contribution >= 4 is 45.6 Å². The average molecular weight is 385 g/mol. The first-order chi connectivity index (χ1) is 12.9. The molecule has 0 saturated heterocycles. The average Bonchev–Trinajstić information content (AvgIpc) is 2.67. The number of nitrogens with one attached hydrogen (secondary N) is 1. The number of nitro groups is 1. The van der Waals surface area contributed by atoms with E-state index in [2.05, 4.69) is 5.32 Å². The SMILES string of the molecule is O=C(COC(=O)c1ccc2ccccc2c1)Nc1ccc([N+](=O)[O-])cc1Cl. The maximum Gasteiger partial charge on any atom is 0.338 e. The van der Waals surface area contributed by atoms with E-state index in [1.165, 1.54) is 12.1 Å². The molecule has 3 aromatic rings. The van der Waals surface area contributed by atoms with Crippen LogP contribution in [0.1, 0.15) is 10.4 Å². The molecule has 7 nitrogen and oxygen atoms in total. The van der Waals surface area contributed by atoms with E-state index in [0.717, 1.165) is 16.8 Å². The summed E-state index contributed by atoms with van der Waals surface area (Å²) in [5.41, 5.74) is 0.324. The zero-order valence-electron chi connectivity index (χ0n) is 13.8. The first-order valence-electron chi connectivity index (χ1n) is 7.84. The number of carbonyl (C=O) groups is 2. The third kappa shape index (κ3) is 4.39. The van der Waals surface area contributed by atoms with E-state index in [1.807, 2.05) is 24.3 Å². The maximum atomic E-state index is 12.1. The molecule has 0 bridgehead atoms. The van der Waals surface area contributed by atoms with Crippen LogP contribution in [-0.2, 0) is 9.53 Å². The summed E-state index contributed by atoms with van der Waals surface area (Å²) >= 11 is 5.90.